The molecular formula is C17H14BrCl2N3O2. The highest BCUT2D eigenvalue weighted by atomic mass is 79.9. The zero-order chi connectivity index (χ0) is 18.2. The molecule has 8 heteroatoms. The number of amides is 2. The van der Waals surface area contributed by atoms with Crippen LogP contribution in [0.25, 0.3) is 0 Å². The van der Waals surface area contributed by atoms with E-state index in [2.05, 4.69) is 31.8 Å². The lowest BCUT2D eigenvalue weighted by Gasteiger charge is -2.07. The van der Waals surface area contributed by atoms with Crippen molar-refractivity contribution in [1.82, 2.24) is 5.43 Å². The minimum atomic E-state index is -0.362. The van der Waals surface area contributed by atoms with Crippen LogP contribution in [0, 0.1) is 0 Å². The van der Waals surface area contributed by atoms with E-state index in [0.29, 0.717) is 15.7 Å². The highest BCUT2D eigenvalue weighted by Crippen LogP contribution is 2.25. The number of nitrogens with one attached hydrogen (secondary N) is 2. The molecule has 0 heterocycles. The highest BCUT2D eigenvalue weighted by molar-refractivity contribution is 9.10. The summed E-state index contributed by atoms with van der Waals surface area (Å²) >= 11 is 15.2. The topological polar surface area (TPSA) is 70.6 Å². The van der Waals surface area contributed by atoms with Gasteiger partial charge in [0.2, 0.25) is 11.8 Å². The van der Waals surface area contributed by atoms with Gasteiger partial charge in [-0.15, -0.1) is 0 Å². The van der Waals surface area contributed by atoms with Crippen LogP contribution in [-0.4, -0.2) is 18.0 Å². The maximum absolute atomic E-state index is 11.9. The molecule has 25 heavy (non-hydrogen) atoms. The van der Waals surface area contributed by atoms with E-state index in [0.717, 1.165) is 10.0 Å². The molecule has 0 bridgehead atoms. The smallest absolute Gasteiger partial charge is 0.240 e. The molecule has 2 amide bonds. The van der Waals surface area contributed by atoms with Crippen molar-refractivity contribution < 1.29 is 9.59 Å². The summed E-state index contributed by atoms with van der Waals surface area (Å²) in [5.74, 6) is -0.700. The van der Waals surface area contributed by atoms with Gasteiger partial charge in [0.15, 0.2) is 0 Å². The lowest BCUT2D eigenvalue weighted by Crippen LogP contribution is -2.20. The molecule has 2 aromatic rings. The average Bonchev–Trinajstić information content (AvgIpc) is 2.56. The largest absolute Gasteiger partial charge is 0.325 e. The van der Waals surface area contributed by atoms with Gasteiger partial charge < -0.3 is 5.32 Å². The molecule has 5 nitrogen and oxygen atoms in total. The zero-order valence-corrected chi connectivity index (χ0v) is 16.0. The quantitative estimate of drug-likeness (QED) is 0.505. The SMILES string of the molecule is O=C(CCC(=O)Nc1cc(Cl)ccc1Cl)NN=Cc1cccc(Br)c1. The number of hydrogen-bond donors (Lipinski definition) is 2. The number of hydrogen-bond acceptors (Lipinski definition) is 3. The second kappa shape index (κ2) is 9.56. The number of anilines is 1. The summed E-state index contributed by atoms with van der Waals surface area (Å²) in [4.78, 5) is 23.6. The van der Waals surface area contributed by atoms with Gasteiger partial charge >= 0.3 is 0 Å². The van der Waals surface area contributed by atoms with E-state index in [-0.39, 0.29) is 24.7 Å². The molecule has 0 atom stereocenters. The summed E-state index contributed by atoms with van der Waals surface area (Å²) in [6, 6.07) is 12.2. The number of carbonyl (C=O) groups excluding carboxylic acids is 2. The van der Waals surface area contributed by atoms with Crippen LogP contribution in [0.3, 0.4) is 0 Å². The van der Waals surface area contributed by atoms with Crippen LogP contribution < -0.4 is 10.7 Å². The van der Waals surface area contributed by atoms with Crippen LogP contribution in [0.1, 0.15) is 18.4 Å². The molecule has 0 saturated heterocycles. The van der Waals surface area contributed by atoms with E-state index in [1.54, 1.807) is 18.2 Å². The van der Waals surface area contributed by atoms with E-state index in [9.17, 15) is 9.59 Å². The van der Waals surface area contributed by atoms with Crippen LogP contribution in [0.5, 0.6) is 0 Å². The van der Waals surface area contributed by atoms with Gasteiger partial charge in [-0.05, 0) is 35.9 Å². The summed E-state index contributed by atoms with van der Waals surface area (Å²) in [6.45, 7) is 0. The Morgan fingerprint density at radius 1 is 1.08 bits per heavy atom. The summed E-state index contributed by atoms with van der Waals surface area (Å²) in [7, 11) is 0. The Bertz CT molecular complexity index is 812. The van der Waals surface area contributed by atoms with Crippen LogP contribution in [0.15, 0.2) is 52.0 Å². The summed E-state index contributed by atoms with van der Waals surface area (Å²) in [6.07, 6.45) is 1.52. The number of nitrogens with zero attached hydrogens (tertiary/aromatic N) is 1. The molecule has 0 unspecified atom stereocenters. The first-order valence-corrected chi connectivity index (χ1v) is 8.81. The molecule has 0 aliphatic rings. The van der Waals surface area contributed by atoms with Crippen LogP contribution in [-0.2, 0) is 9.59 Å². The Labute approximate surface area is 163 Å². The fraction of sp³-hybridized carbons (Fsp3) is 0.118. The van der Waals surface area contributed by atoms with Crippen molar-refractivity contribution in [2.24, 2.45) is 5.10 Å². The van der Waals surface area contributed by atoms with Crippen LogP contribution in [0.2, 0.25) is 10.0 Å². The van der Waals surface area contributed by atoms with Crippen molar-refractivity contribution in [3.05, 3.63) is 62.5 Å². The molecule has 0 radical (unpaired) electrons. The number of halogens is 3. The Morgan fingerprint density at radius 2 is 1.84 bits per heavy atom. The fourth-order valence-electron chi connectivity index (χ4n) is 1.85. The molecule has 130 valence electrons. The van der Waals surface area contributed by atoms with E-state index in [1.165, 1.54) is 6.21 Å². The van der Waals surface area contributed by atoms with Crippen LogP contribution >= 0.6 is 39.1 Å². The lowest BCUT2D eigenvalue weighted by atomic mass is 10.2. The number of benzene rings is 2. The standard InChI is InChI=1S/C17H14BrCl2N3O2/c18-12-3-1-2-11(8-12)10-21-23-17(25)7-6-16(24)22-15-9-13(19)4-5-14(15)20/h1-5,8-10H,6-7H2,(H,22,24)(H,23,25). The van der Waals surface area contributed by atoms with Gasteiger partial charge in [-0.25, -0.2) is 5.43 Å². The van der Waals surface area contributed by atoms with E-state index < -0.39 is 0 Å². The third-order valence-electron chi connectivity index (χ3n) is 3.03. The second-order valence-electron chi connectivity index (χ2n) is 5.02. The highest BCUT2D eigenvalue weighted by Gasteiger charge is 2.09. The first-order chi connectivity index (χ1) is 11.9. The van der Waals surface area contributed by atoms with Crippen molar-refractivity contribution in [3.63, 3.8) is 0 Å². The summed E-state index contributed by atoms with van der Waals surface area (Å²) in [5.41, 5.74) is 3.62. The Balaban J connectivity index is 1.77. The van der Waals surface area contributed by atoms with E-state index in [1.807, 2.05) is 24.3 Å². The van der Waals surface area contributed by atoms with E-state index >= 15 is 0 Å². The zero-order valence-electron chi connectivity index (χ0n) is 12.9. The Hall–Kier alpha value is -1.89. The van der Waals surface area contributed by atoms with Gasteiger partial charge in [0, 0.05) is 22.3 Å². The molecule has 0 aromatic heterocycles. The maximum atomic E-state index is 11.9. The minimum Gasteiger partial charge on any atom is -0.325 e. The first kappa shape index (κ1) is 19.4. The van der Waals surface area contributed by atoms with Gasteiger partial charge in [-0.2, -0.15) is 5.10 Å². The molecular weight excluding hydrogens is 429 g/mol. The number of hydrazone groups is 1. The Kier molecular flexibility index (Phi) is 7.43. The molecule has 0 saturated carbocycles. The molecule has 0 aliphatic carbocycles. The predicted molar refractivity (Wildman–Crippen MR) is 104 cm³/mol. The lowest BCUT2D eigenvalue weighted by molar-refractivity contribution is -0.124. The van der Waals surface area contributed by atoms with Crippen molar-refractivity contribution >= 4 is 62.8 Å². The average molecular weight is 443 g/mol. The summed E-state index contributed by atoms with van der Waals surface area (Å²) in [5, 5.41) is 7.30. The van der Waals surface area contributed by atoms with Gasteiger partial charge in [0.25, 0.3) is 0 Å². The van der Waals surface area contributed by atoms with E-state index in [4.69, 9.17) is 23.2 Å². The molecule has 2 rings (SSSR count). The molecule has 0 fully saturated rings. The maximum Gasteiger partial charge on any atom is 0.240 e. The van der Waals surface area contributed by atoms with Gasteiger partial charge in [0.1, 0.15) is 0 Å². The summed E-state index contributed by atoms with van der Waals surface area (Å²) < 4.78 is 0.916. The minimum absolute atomic E-state index is 0.000157. The first-order valence-electron chi connectivity index (χ1n) is 7.26. The molecule has 2 aromatic carbocycles. The van der Waals surface area contributed by atoms with Crippen molar-refractivity contribution in [3.8, 4) is 0 Å². The predicted octanol–water partition coefficient (Wildman–Crippen LogP) is 4.62. The molecule has 2 N–H and O–H groups in total. The second-order valence-corrected chi connectivity index (χ2v) is 6.78. The fourth-order valence-corrected chi connectivity index (χ4v) is 2.61. The van der Waals surface area contributed by atoms with Crippen LogP contribution in [0.4, 0.5) is 5.69 Å². The monoisotopic (exact) mass is 441 g/mol. The van der Waals surface area contributed by atoms with Crippen molar-refractivity contribution in [1.29, 1.82) is 0 Å². The number of rotatable bonds is 6. The molecule has 0 spiro atoms. The van der Waals surface area contributed by atoms with Gasteiger partial charge in [-0.1, -0.05) is 51.3 Å². The third-order valence-corrected chi connectivity index (χ3v) is 4.09. The van der Waals surface area contributed by atoms with Crippen molar-refractivity contribution in [2.45, 2.75) is 12.8 Å². The normalized spacial score (nSPS) is 10.7. The third kappa shape index (κ3) is 6.86. The van der Waals surface area contributed by atoms with Gasteiger partial charge in [-0.3, -0.25) is 9.59 Å². The number of carbonyl (C=O) groups is 2. The van der Waals surface area contributed by atoms with Gasteiger partial charge in [0.05, 0.1) is 16.9 Å². The molecule has 0 aliphatic heterocycles. The van der Waals surface area contributed by atoms with Crippen molar-refractivity contribution in [2.75, 3.05) is 5.32 Å². The Morgan fingerprint density at radius 3 is 2.60 bits per heavy atom.